The molecule has 0 saturated carbocycles. The largest absolute Gasteiger partial charge is 0.467 e. The molecule has 2 heterocycles. The molecule has 8 nitrogen and oxygen atoms in total. The maximum Gasteiger partial charge on any atom is 0.249 e. The highest BCUT2D eigenvalue weighted by Crippen LogP contribution is 2.33. The van der Waals surface area contributed by atoms with Gasteiger partial charge in [0, 0.05) is 0 Å². The van der Waals surface area contributed by atoms with Crippen molar-refractivity contribution >= 4 is 28.5 Å². The van der Waals surface area contributed by atoms with Gasteiger partial charge in [0.25, 0.3) is 0 Å². The van der Waals surface area contributed by atoms with Gasteiger partial charge in [-0.1, -0.05) is 65.9 Å². The van der Waals surface area contributed by atoms with E-state index in [1.54, 1.807) is 28.0 Å². The molecule has 186 valence electrons. The number of furan rings is 1. The van der Waals surface area contributed by atoms with E-state index in [0.29, 0.717) is 22.5 Å². The Labute approximate surface area is 214 Å². The molecule has 0 unspecified atom stereocenters. The van der Waals surface area contributed by atoms with Crippen LogP contribution in [0.2, 0.25) is 0 Å². The lowest BCUT2D eigenvalue weighted by Gasteiger charge is -2.33. The van der Waals surface area contributed by atoms with Crippen molar-refractivity contribution in [3.8, 4) is 0 Å². The third kappa shape index (κ3) is 4.99. The number of benzene rings is 3. The molecule has 0 saturated heterocycles. The molecule has 1 atom stereocenters. The zero-order valence-corrected chi connectivity index (χ0v) is 20.7. The molecule has 2 aromatic heterocycles. The number of aromatic nitrogens is 3. The number of anilines is 1. The van der Waals surface area contributed by atoms with E-state index >= 15 is 0 Å². The molecule has 0 bridgehead atoms. The SMILES string of the molecule is Cc1cccc(C)c1N(C(=O)Cn1nnc2ccccc21)[C@H](C(=O)NCc1ccco1)c1ccccc1. The molecule has 0 radical (unpaired) electrons. The Morgan fingerprint density at radius 1 is 0.919 bits per heavy atom. The number of hydrogen-bond acceptors (Lipinski definition) is 5. The van der Waals surface area contributed by atoms with Crippen LogP contribution in [0.4, 0.5) is 5.69 Å². The lowest BCUT2D eigenvalue weighted by molar-refractivity contribution is -0.127. The summed E-state index contributed by atoms with van der Waals surface area (Å²) in [6.45, 7) is 4.01. The Morgan fingerprint density at radius 3 is 2.38 bits per heavy atom. The van der Waals surface area contributed by atoms with Crippen molar-refractivity contribution in [2.75, 3.05) is 4.90 Å². The summed E-state index contributed by atoms with van der Waals surface area (Å²) in [5.74, 6) is 0.0244. The minimum atomic E-state index is -0.918. The highest BCUT2D eigenvalue weighted by atomic mass is 16.3. The van der Waals surface area contributed by atoms with E-state index in [0.717, 1.165) is 16.6 Å². The van der Waals surface area contributed by atoms with Gasteiger partial charge in [0.15, 0.2) is 0 Å². The number of hydrogen-bond donors (Lipinski definition) is 1. The molecule has 0 aliphatic carbocycles. The third-order valence-corrected chi connectivity index (χ3v) is 6.29. The van der Waals surface area contributed by atoms with Gasteiger partial charge in [-0.15, -0.1) is 5.10 Å². The first-order valence-corrected chi connectivity index (χ1v) is 12.0. The second-order valence-electron chi connectivity index (χ2n) is 8.85. The summed E-state index contributed by atoms with van der Waals surface area (Å²) in [5, 5.41) is 11.4. The van der Waals surface area contributed by atoms with Crippen molar-refractivity contribution < 1.29 is 14.0 Å². The summed E-state index contributed by atoms with van der Waals surface area (Å²) < 4.78 is 6.97. The van der Waals surface area contributed by atoms with Gasteiger partial charge in [-0.2, -0.15) is 0 Å². The number of carbonyl (C=O) groups is 2. The van der Waals surface area contributed by atoms with Crippen LogP contribution in [0.1, 0.15) is 28.5 Å². The molecule has 5 rings (SSSR count). The van der Waals surface area contributed by atoms with Crippen LogP contribution >= 0.6 is 0 Å². The fourth-order valence-corrected chi connectivity index (χ4v) is 4.56. The van der Waals surface area contributed by atoms with Crippen molar-refractivity contribution in [3.63, 3.8) is 0 Å². The third-order valence-electron chi connectivity index (χ3n) is 6.29. The molecule has 5 aromatic rings. The van der Waals surface area contributed by atoms with E-state index in [4.69, 9.17) is 4.42 Å². The van der Waals surface area contributed by atoms with Gasteiger partial charge in [0.1, 0.15) is 23.9 Å². The fraction of sp³-hybridized carbons (Fsp3) is 0.172. The van der Waals surface area contributed by atoms with Crippen LogP contribution in [0.25, 0.3) is 11.0 Å². The zero-order chi connectivity index (χ0) is 25.8. The molecule has 0 fully saturated rings. The summed E-state index contributed by atoms with van der Waals surface area (Å²) in [6, 6.07) is 25.3. The van der Waals surface area contributed by atoms with E-state index in [2.05, 4.69) is 15.6 Å². The lowest BCUT2D eigenvalue weighted by atomic mass is 9.99. The van der Waals surface area contributed by atoms with Gasteiger partial charge in [0.2, 0.25) is 11.8 Å². The molecule has 0 spiro atoms. The highest BCUT2D eigenvalue weighted by Gasteiger charge is 2.34. The van der Waals surface area contributed by atoms with Gasteiger partial charge in [-0.3, -0.25) is 14.5 Å². The van der Waals surface area contributed by atoms with Crippen LogP contribution in [0.5, 0.6) is 0 Å². The van der Waals surface area contributed by atoms with Gasteiger partial charge < -0.3 is 9.73 Å². The van der Waals surface area contributed by atoms with Gasteiger partial charge in [-0.25, -0.2) is 4.68 Å². The molecule has 8 heteroatoms. The molecule has 3 aromatic carbocycles. The van der Waals surface area contributed by atoms with Crippen LogP contribution < -0.4 is 10.2 Å². The van der Waals surface area contributed by atoms with Crippen molar-refractivity contribution in [2.24, 2.45) is 0 Å². The average molecular weight is 494 g/mol. The first kappa shape index (κ1) is 24.0. The van der Waals surface area contributed by atoms with E-state index in [-0.39, 0.29) is 24.9 Å². The normalized spacial score (nSPS) is 11.8. The number of nitrogens with one attached hydrogen (secondary N) is 1. The van der Waals surface area contributed by atoms with Crippen molar-refractivity contribution in [2.45, 2.75) is 33.0 Å². The number of para-hydroxylation sites is 2. The summed E-state index contributed by atoms with van der Waals surface area (Å²) >= 11 is 0. The average Bonchev–Trinajstić information content (AvgIpc) is 3.57. The second kappa shape index (κ2) is 10.5. The van der Waals surface area contributed by atoms with Crippen LogP contribution in [0.3, 0.4) is 0 Å². The standard InChI is InChI=1S/C29H27N5O3/c1-20-10-8-11-21(2)27(20)34(26(35)19-33-25-16-7-6-15-24(25)31-32-33)28(22-12-4-3-5-13-22)29(36)30-18-23-14-9-17-37-23/h3-17,28H,18-19H2,1-2H3,(H,30,36)/t28-/m0/s1. The minimum Gasteiger partial charge on any atom is -0.467 e. The predicted octanol–water partition coefficient (Wildman–Crippen LogP) is 4.73. The van der Waals surface area contributed by atoms with Gasteiger partial charge >= 0.3 is 0 Å². The summed E-state index contributed by atoms with van der Waals surface area (Å²) in [4.78, 5) is 29.6. The fourth-order valence-electron chi connectivity index (χ4n) is 4.56. The minimum absolute atomic E-state index is 0.0803. The molecule has 1 N–H and O–H groups in total. The Kier molecular flexibility index (Phi) is 6.81. The maximum absolute atomic E-state index is 14.2. The van der Waals surface area contributed by atoms with Crippen LogP contribution in [0.15, 0.2) is 95.6 Å². The van der Waals surface area contributed by atoms with E-state index in [1.165, 1.54) is 0 Å². The Bertz CT molecular complexity index is 1510. The van der Waals surface area contributed by atoms with Crippen molar-refractivity contribution in [1.29, 1.82) is 0 Å². The number of nitrogens with zero attached hydrogens (tertiary/aromatic N) is 4. The first-order chi connectivity index (χ1) is 18.0. The summed E-state index contributed by atoms with van der Waals surface area (Å²) in [5.41, 5.74) is 4.60. The smallest absolute Gasteiger partial charge is 0.249 e. The van der Waals surface area contributed by atoms with E-state index in [1.807, 2.05) is 86.6 Å². The van der Waals surface area contributed by atoms with Crippen LogP contribution in [0, 0.1) is 13.8 Å². The molecule has 2 amide bonds. The van der Waals surface area contributed by atoms with E-state index in [9.17, 15) is 9.59 Å². The monoisotopic (exact) mass is 493 g/mol. The lowest BCUT2D eigenvalue weighted by Crippen LogP contribution is -2.45. The quantitative estimate of drug-likeness (QED) is 0.337. The molecule has 37 heavy (non-hydrogen) atoms. The number of rotatable bonds is 8. The number of carbonyl (C=O) groups excluding carboxylic acids is 2. The van der Waals surface area contributed by atoms with Gasteiger partial charge in [-0.05, 0) is 54.8 Å². The summed E-state index contributed by atoms with van der Waals surface area (Å²) in [7, 11) is 0. The molecule has 0 aliphatic rings. The van der Waals surface area contributed by atoms with Gasteiger partial charge in [0.05, 0.1) is 24.0 Å². The van der Waals surface area contributed by atoms with E-state index < -0.39 is 6.04 Å². The highest BCUT2D eigenvalue weighted by molar-refractivity contribution is 6.02. The van der Waals surface area contributed by atoms with Crippen molar-refractivity contribution in [1.82, 2.24) is 20.3 Å². The number of aryl methyl sites for hydroxylation is 2. The summed E-state index contributed by atoms with van der Waals surface area (Å²) in [6.07, 6.45) is 1.56. The predicted molar refractivity (Wildman–Crippen MR) is 141 cm³/mol. The maximum atomic E-state index is 14.2. The zero-order valence-electron chi connectivity index (χ0n) is 20.7. The Hall–Kier alpha value is -4.72. The molecule has 0 aliphatic heterocycles. The number of amides is 2. The molecular weight excluding hydrogens is 466 g/mol. The van der Waals surface area contributed by atoms with Crippen LogP contribution in [-0.2, 0) is 22.7 Å². The van der Waals surface area contributed by atoms with Crippen LogP contribution in [-0.4, -0.2) is 26.8 Å². The Morgan fingerprint density at radius 2 is 1.65 bits per heavy atom. The number of fused-ring (bicyclic) bond motifs is 1. The first-order valence-electron chi connectivity index (χ1n) is 12.0. The topological polar surface area (TPSA) is 93.3 Å². The molecular formula is C29H27N5O3. The Balaban J connectivity index is 1.59. The second-order valence-corrected chi connectivity index (χ2v) is 8.85. The van der Waals surface area contributed by atoms with Crippen molar-refractivity contribution in [3.05, 3.63) is 114 Å².